The molecule has 0 amide bonds. The van der Waals surface area contributed by atoms with Crippen molar-refractivity contribution in [3.63, 3.8) is 0 Å². The molecule has 0 unspecified atom stereocenters. The molecule has 0 radical (unpaired) electrons. The van der Waals surface area contributed by atoms with Crippen molar-refractivity contribution in [2.75, 3.05) is 13.6 Å². The van der Waals surface area contributed by atoms with Crippen LogP contribution in [0, 0.1) is 0 Å². The molecule has 0 aromatic heterocycles. The molecule has 1 rings (SSSR count). The fraction of sp³-hybridized carbons (Fsp3) is 1.00. The standard InChI is InChI=1S/C9H19N/c1-4-5-8-10(3)9(2)6-7-9/h4-8H2,1-3H3. The van der Waals surface area contributed by atoms with Gasteiger partial charge in [-0.1, -0.05) is 13.3 Å². The molecule has 0 aromatic rings. The van der Waals surface area contributed by atoms with Gasteiger partial charge >= 0.3 is 0 Å². The molecule has 10 heavy (non-hydrogen) atoms. The summed E-state index contributed by atoms with van der Waals surface area (Å²) < 4.78 is 0. The normalized spacial score (nSPS) is 21.6. The monoisotopic (exact) mass is 141 g/mol. The third-order valence-electron chi connectivity index (χ3n) is 2.74. The van der Waals surface area contributed by atoms with Crippen LogP contribution in [0.15, 0.2) is 0 Å². The van der Waals surface area contributed by atoms with E-state index in [-0.39, 0.29) is 0 Å². The van der Waals surface area contributed by atoms with Crippen LogP contribution in [0.1, 0.15) is 39.5 Å². The topological polar surface area (TPSA) is 3.24 Å². The van der Waals surface area contributed by atoms with E-state index in [0.29, 0.717) is 5.54 Å². The molecule has 60 valence electrons. The highest BCUT2D eigenvalue weighted by Crippen LogP contribution is 2.39. The number of nitrogens with zero attached hydrogens (tertiary/aromatic N) is 1. The maximum atomic E-state index is 2.51. The van der Waals surface area contributed by atoms with E-state index in [9.17, 15) is 0 Å². The van der Waals surface area contributed by atoms with E-state index in [2.05, 4.69) is 25.8 Å². The third kappa shape index (κ3) is 1.72. The van der Waals surface area contributed by atoms with E-state index in [1.807, 2.05) is 0 Å². The lowest BCUT2D eigenvalue weighted by atomic mass is 10.2. The summed E-state index contributed by atoms with van der Waals surface area (Å²) in [4.78, 5) is 2.51. The Morgan fingerprint density at radius 3 is 2.40 bits per heavy atom. The largest absolute Gasteiger partial charge is 0.301 e. The Hall–Kier alpha value is -0.0400. The lowest BCUT2D eigenvalue weighted by molar-refractivity contribution is 0.235. The molecule has 1 nitrogen and oxygen atoms in total. The number of rotatable bonds is 4. The van der Waals surface area contributed by atoms with Crippen LogP contribution in [0.5, 0.6) is 0 Å². The molecular formula is C9H19N. The van der Waals surface area contributed by atoms with Crippen LogP contribution in [-0.2, 0) is 0 Å². The van der Waals surface area contributed by atoms with Gasteiger partial charge < -0.3 is 4.90 Å². The van der Waals surface area contributed by atoms with Gasteiger partial charge in [-0.05, 0) is 39.8 Å². The lowest BCUT2D eigenvalue weighted by Gasteiger charge is -2.23. The third-order valence-corrected chi connectivity index (χ3v) is 2.74. The average molecular weight is 141 g/mol. The molecule has 0 spiro atoms. The zero-order valence-corrected chi connectivity index (χ0v) is 7.48. The van der Waals surface area contributed by atoms with Crippen LogP contribution >= 0.6 is 0 Å². The van der Waals surface area contributed by atoms with E-state index in [4.69, 9.17) is 0 Å². The Labute approximate surface area is 64.4 Å². The molecule has 0 bridgehead atoms. The lowest BCUT2D eigenvalue weighted by Crippen LogP contribution is -2.31. The summed E-state index contributed by atoms with van der Waals surface area (Å²) in [5.74, 6) is 0. The van der Waals surface area contributed by atoms with Crippen molar-refractivity contribution in [1.82, 2.24) is 4.90 Å². The average Bonchev–Trinajstić information content (AvgIpc) is 2.64. The van der Waals surface area contributed by atoms with Gasteiger partial charge in [0.2, 0.25) is 0 Å². The second kappa shape index (κ2) is 2.91. The van der Waals surface area contributed by atoms with Crippen LogP contribution in [0.4, 0.5) is 0 Å². The van der Waals surface area contributed by atoms with Gasteiger partial charge in [0.05, 0.1) is 0 Å². The van der Waals surface area contributed by atoms with Crippen LogP contribution in [-0.4, -0.2) is 24.0 Å². The van der Waals surface area contributed by atoms with E-state index < -0.39 is 0 Å². The van der Waals surface area contributed by atoms with E-state index in [1.54, 1.807) is 0 Å². The summed E-state index contributed by atoms with van der Waals surface area (Å²) in [6.45, 7) is 5.90. The van der Waals surface area contributed by atoms with Gasteiger partial charge in [0, 0.05) is 5.54 Å². The van der Waals surface area contributed by atoms with Gasteiger partial charge in [0.15, 0.2) is 0 Å². The Bertz CT molecular complexity index is 105. The Kier molecular flexibility index (Phi) is 2.35. The minimum absolute atomic E-state index is 0.592. The maximum absolute atomic E-state index is 2.51. The van der Waals surface area contributed by atoms with Gasteiger partial charge in [0.1, 0.15) is 0 Å². The molecule has 1 aliphatic carbocycles. The maximum Gasteiger partial charge on any atom is 0.0179 e. The first kappa shape index (κ1) is 8.06. The van der Waals surface area contributed by atoms with E-state index >= 15 is 0 Å². The molecule has 1 saturated carbocycles. The van der Waals surface area contributed by atoms with Crippen LogP contribution < -0.4 is 0 Å². The number of unbranched alkanes of at least 4 members (excludes halogenated alkanes) is 1. The molecule has 0 atom stereocenters. The highest BCUT2D eigenvalue weighted by molar-refractivity contribution is 4.98. The second-order valence-electron chi connectivity index (χ2n) is 3.77. The van der Waals surface area contributed by atoms with Crippen LogP contribution in [0.3, 0.4) is 0 Å². The van der Waals surface area contributed by atoms with Gasteiger partial charge in [-0.2, -0.15) is 0 Å². The van der Waals surface area contributed by atoms with Crippen molar-refractivity contribution in [1.29, 1.82) is 0 Å². The first-order valence-electron chi connectivity index (χ1n) is 4.40. The van der Waals surface area contributed by atoms with Crippen molar-refractivity contribution in [2.24, 2.45) is 0 Å². The van der Waals surface area contributed by atoms with Crippen molar-refractivity contribution >= 4 is 0 Å². The van der Waals surface area contributed by atoms with Crippen molar-refractivity contribution in [3.05, 3.63) is 0 Å². The van der Waals surface area contributed by atoms with E-state index in [1.165, 1.54) is 32.2 Å². The van der Waals surface area contributed by atoms with Gasteiger partial charge in [-0.15, -0.1) is 0 Å². The van der Waals surface area contributed by atoms with Gasteiger partial charge in [-0.3, -0.25) is 0 Å². The molecule has 1 heteroatoms. The highest BCUT2D eigenvalue weighted by atomic mass is 15.2. The molecule has 0 N–H and O–H groups in total. The first-order valence-corrected chi connectivity index (χ1v) is 4.40. The van der Waals surface area contributed by atoms with Crippen LogP contribution in [0.25, 0.3) is 0 Å². The van der Waals surface area contributed by atoms with Gasteiger partial charge in [-0.25, -0.2) is 0 Å². The van der Waals surface area contributed by atoms with E-state index in [0.717, 1.165) is 0 Å². The molecular weight excluding hydrogens is 122 g/mol. The van der Waals surface area contributed by atoms with Crippen molar-refractivity contribution < 1.29 is 0 Å². The first-order chi connectivity index (χ1) is 4.69. The predicted octanol–water partition coefficient (Wildman–Crippen LogP) is 2.27. The minimum atomic E-state index is 0.592. The fourth-order valence-corrected chi connectivity index (χ4v) is 1.23. The zero-order chi connectivity index (χ0) is 7.61. The second-order valence-corrected chi connectivity index (χ2v) is 3.77. The van der Waals surface area contributed by atoms with Crippen molar-refractivity contribution in [2.45, 2.75) is 45.1 Å². The summed E-state index contributed by atoms with van der Waals surface area (Å²) >= 11 is 0. The molecule has 0 aromatic carbocycles. The fourth-order valence-electron chi connectivity index (χ4n) is 1.23. The molecule has 0 saturated heterocycles. The van der Waals surface area contributed by atoms with Gasteiger partial charge in [0.25, 0.3) is 0 Å². The summed E-state index contributed by atoms with van der Waals surface area (Å²) in [5.41, 5.74) is 0.592. The summed E-state index contributed by atoms with van der Waals surface area (Å²) in [7, 11) is 2.25. The van der Waals surface area contributed by atoms with Crippen LogP contribution in [0.2, 0.25) is 0 Å². The predicted molar refractivity (Wildman–Crippen MR) is 45.2 cm³/mol. The highest BCUT2D eigenvalue weighted by Gasteiger charge is 2.40. The number of hydrogen-bond donors (Lipinski definition) is 0. The smallest absolute Gasteiger partial charge is 0.0179 e. The Balaban J connectivity index is 2.15. The Morgan fingerprint density at radius 1 is 1.40 bits per heavy atom. The molecule has 1 fully saturated rings. The summed E-state index contributed by atoms with van der Waals surface area (Å²) in [6.07, 6.45) is 5.49. The zero-order valence-electron chi connectivity index (χ0n) is 7.48. The summed E-state index contributed by atoms with van der Waals surface area (Å²) in [5, 5.41) is 0. The SMILES string of the molecule is CCCCN(C)C1(C)CC1. The summed E-state index contributed by atoms with van der Waals surface area (Å²) in [6, 6.07) is 0. The minimum Gasteiger partial charge on any atom is -0.301 e. The number of hydrogen-bond acceptors (Lipinski definition) is 1. The molecule has 0 aliphatic heterocycles. The molecule has 1 aliphatic rings. The van der Waals surface area contributed by atoms with Crippen molar-refractivity contribution in [3.8, 4) is 0 Å². The molecule has 0 heterocycles. The quantitative estimate of drug-likeness (QED) is 0.580. The Morgan fingerprint density at radius 2 is 2.00 bits per heavy atom.